The zero-order valence-corrected chi connectivity index (χ0v) is 12.1. The number of amides is 1. The molecule has 0 fully saturated rings. The van der Waals surface area contributed by atoms with E-state index in [1.54, 1.807) is 6.07 Å². The number of carbonyl (C=O) groups is 1. The number of hydrogen-bond donors (Lipinski definition) is 2. The van der Waals surface area contributed by atoms with Crippen LogP contribution in [0.25, 0.3) is 0 Å². The minimum Gasteiger partial charge on any atom is -0.330 e. The normalized spacial score (nSPS) is 11.9. The van der Waals surface area contributed by atoms with Gasteiger partial charge in [0.15, 0.2) is 0 Å². The first-order valence-corrected chi connectivity index (χ1v) is 6.71. The largest absolute Gasteiger partial charge is 0.330 e. The van der Waals surface area contributed by atoms with Crippen LogP contribution >= 0.6 is 15.9 Å². The van der Waals surface area contributed by atoms with Crippen molar-refractivity contribution in [1.29, 1.82) is 0 Å². The molecule has 19 heavy (non-hydrogen) atoms. The Bertz CT molecular complexity index is 475. The van der Waals surface area contributed by atoms with Crippen LogP contribution < -0.4 is 11.1 Å². The van der Waals surface area contributed by atoms with Crippen LogP contribution in [0.1, 0.15) is 19.8 Å². The first-order valence-electron chi connectivity index (χ1n) is 5.91. The van der Waals surface area contributed by atoms with Gasteiger partial charge in [0, 0.05) is 18.2 Å². The number of benzene rings is 1. The third-order valence-electron chi connectivity index (χ3n) is 2.81. The van der Waals surface area contributed by atoms with Crippen LogP contribution in [0.4, 0.5) is 11.4 Å². The maximum atomic E-state index is 11.8. The third-order valence-corrected chi connectivity index (χ3v) is 3.48. The van der Waals surface area contributed by atoms with Gasteiger partial charge >= 0.3 is 0 Å². The van der Waals surface area contributed by atoms with E-state index in [9.17, 15) is 14.9 Å². The first kappa shape index (κ1) is 15.6. The molecule has 0 aliphatic carbocycles. The summed E-state index contributed by atoms with van der Waals surface area (Å²) in [7, 11) is 0. The maximum absolute atomic E-state index is 11.8. The molecular formula is C12H16BrN3O3. The van der Waals surface area contributed by atoms with Crippen LogP contribution in [0, 0.1) is 16.0 Å². The molecule has 1 rings (SSSR count). The second kappa shape index (κ2) is 7.20. The highest BCUT2D eigenvalue weighted by Crippen LogP contribution is 2.27. The summed E-state index contributed by atoms with van der Waals surface area (Å²) in [6.07, 6.45) is 1.14. The van der Waals surface area contributed by atoms with Gasteiger partial charge in [0.25, 0.3) is 5.69 Å². The molecule has 1 amide bonds. The van der Waals surface area contributed by atoms with E-state index in [1.807, 2.05) is 6.92 Å². The van der Waals surface area contributed by atoms with Gasteiger partial charge in [0.05, 0.1) is 9.40 Å². The fraction of sp³-hybridized carbons (Fsp3) is 0.417. The second-order valence-electron chi connectivity index (χ2n) is 4.19. The van der Waals surface area contributed by atoms with Gasteiger partial charge in [-0.2, -0.15) is 0 Å². The van der Waals surface area contributed by atoms with Crippen molar-refractivity contribution in [3.63, 3.8) is 0 Å². The van der Waals surface area contributed by atoms with E-state index in [0.29, 0.717) is 23.1 Å². The van der Waals surface area contributed by atoms with Crippen LogP contribution in [0.3, 0.4) is 0 Å². The monoisotopic (exact) mass is 329 g/mol. The smallest absolute Gasteiger partial charge is 0.285 e. The molecule has 0 saturated carbocycles. The van der Waals surface area contributed by atoms with Gasteiger partial charge in [-0.25, -0.2) is 0 Å². The Morgan fingerprint density at radius 1 is 1.58 bits per heavy atom. The lowest BCUT2D eigenvalue weighted by atomic mass is 10.0. The highest BCUT2D eigenvalue weighted by molar-refractivity contribution is 9.10. The minimum absolute atomic E-state index is 0.0799. The highest BCUT2D eigenvalue weighted by atomic mass is 79.9. The van der Waals surface area contributed by atoms with E-state index < -0.39 is 4.92 Å². The molecular weight excluding hydrogens is 314 g/mol. The summed E-state index contributed by atoms with van der Waals surface area (Å²) in [6, 6.07) is 4.47. The average molecular weight is 330 g/mol. The fourth-order valence-electron chi connectivity index (χ4n) is 1.60. The highest BCUT2D eigenvalue weighted by Gasteiger charge is 2.15. The summed E-state index contributed by atoms with van der Waals surface area (Å²) in [5.74, 6) is -0.0562. The number of nitrogens with zero attached hydrogens (tertiary/aromatic N) is 1. The van der Waals surface area contributed by atoms with E-state index in [-0.39, 0.29) is 17.5 Å². The molecule has 1 unspecified atom stereocenters. The Kier molecular flexibility index (Phi) is 5.91. The second-order valence-corrected chi connectivity index (χ2v) is 5.04. The molecule has 1 atom stereocenters. The predicted molar refractivity (Wildman–Crippen MR) is 76.9 cm³/mol. The van der Waals surface area contributed by atoms with Crippen molar-refractivity contribution >= 4 is 33.2 Å². The van der Waals surface area contributed by atoms with E-state index in [1.165, 1.54) is 12.1 Å². The van der Waals surface area contributed by atoms with Gasteiger partial charge in [0.2, 0.25) is 5.91 Å². The number of nitro groups is 1. The van der Waals surface area contributed by atoms with Gasteiger partial charge in [-0.3, -0.25) is 14.9 Å². The SMILES string of the molecule is CCC(CN)CC(=O)Nc1ccc(Br)c([N+](=O)[O-])c1. The van der Waals surface area contributed by atoms with Gasteiger partial charge in [0.1, 0.15) is 0 Å². The predicted octanol–water partition coefficient (Wildman–Crippen LogP) is 2.67. The molecule has 0 aliphatic rings. The Labute approximate surface area is 119 Å². The molecule has 0 spiro atoms. The zero-order chi connectivity index (χ0) is 14.4. The van der Waals surface area contributed by atoms with E-state index >= 15 is 0 Å². The summed E-state index contributed by atoms with van der Waals surface area (Å²) >= 11 is 3.09. The maximum Gasteiger partial charge on any atom is 0.285 e. The number of hydrogen-bond acceptors (Lipinski definition) is 4. The lowest BCUT2D eigenvalue weighted by Gasteiger charge is -2.12. The lowest BCUT2D eigenvalue weighted by molar-refractivity contribution is -0.385. The summed E-state index contributed by atoms with van der Waals surface area (Å²) in [6.45, 7) is 2.42. The van der Waals surface area contributed by atoms with Gasteiger partial charge in [-0.15, -0.1) is 0 Å². The van der Waals surface area contributed by atoms with Crippen LogP contribution in [0.5, 0.6) is 0 Å². The summed E-state index contributed by atoms with van der Waals surface area (Å²) in [5, 5.41) is 13.4. The van der Waals surface area contributed by atoms with Crippen LogP contribution in [-0.2, 0) is 4.79 Å². The third kappa shape index (κ3) is 4.60. The van der Waals surface area contributed by atoms with Gasteiger partial charge in [-0.05, 0) is 40.5 Å². The fourth-order valence-corrected chi connectivity index (χ4v) is 1.99. The molecule has 0 aromatic heterocycles. The first-order chi connectivity index (χ1) is 8.97. The molecule has 6 nitrogen and oxygen atoms in total. The Balaban J connectivity index is 2.74. The minimum atomic E-state index is -0.505. The van der Waals surface area contributed by atoms with Crippen LogP contribution in [0.2, 0.25) is 0 Å². The van der Waals surface area contributed by atoms with Crippen molar-refractivity contribution in [3.05, 3.63) is 32.8 Å². The molecule has 104 valence electrons. The van der Waals surface area contributed by atoms with Crippen LogP contribution in [-0.4, -0.2) is 17.4 Å². The molecule has 0 saturated heterocycles. The lowest BCUT2D eigenvalue weighted by Crippen LogP contribution is -2.21. The number of nitrogens with one attached hydrogen (secondary N) is 1. The van der Waals surface area contributed by atoms with Crippen molar-refractivity contribution in [2.45, 2.75) is 19.8 Å². The Morgan fingerprint density at radius 3 is 2.79 bits per heavy atom. The van der Waals surface area contributed by atoms with Gasteiger partial charge in [-0.1, -0.05) is 13.3 Å². The molecule has 1 aromatic carbocycles. The topological polar surface area (TPSA) is 98.3 Å². The van der Waals surface area contributed by atoms with Crippen molar-refractivity contribution in [3.8, 4) is 0 Å². The molecule has 0 aliphatic heterocycles. The molecule has 7 heteroatoms. The Hall–Kier alpha value is -1.47. The van der Waals surface area contributed by atoms with E-state index in [0.717, 1.165) is 6.42 Å². The molecule has 3 N–H and O–H groups in total. The number of rotatable bonds is 6. The van der Waals surface area contributed by atoms with Crippen molar-refractivity contribution < 1.29 is 9.72 Å². The number of nitro benzene ring substituents is 1. The molecule has 1 aromatic rings. The molecule has 0 radical (unpaired) electrons. The standard InChI is InChI=1S/C12H16BrN3O3/c1-2-8(7-14)5-12(17)15-9-3-4-10(13)11(6-9)16(18)19/h3-4,6,8H,2,5,7,14H2,1H3,(H,15,17). The summed E-state index contributed by atoms with van der Waals surface area (Å²) in [4.78, 5) is 22.0. The molecule has 0 heterocycles. The van der Waals surface area contributed by atoms with E-state index in [2.05, 4.69) is 21.2 Å². The van der Waals surface area contributed by atoms with Crippen molar-refractivity contribution in [1.82, 2.24) is 0 Å². The van der Waals surface area contributed by atoms with E-state index in [4.69, 9.17) is 5.73 Å². The zero-order valence-electron chi connectivity index (χ0n) is 10.6. The summed E-state index contributed by atoms with van der Waals surface area (Å²) < 4.78 is 0.379. The Morgan fingerprint density at radius 2 is 2.26 bits per heavy atom. The summed E-state index contributed by atoms with van der Waals surface area (Å²) in [5.41, 5.74) is 5.86. The number of anilines is 1. The number of carbonyl (C=O) groups excluding carboxylic acids is 1. The number of nitrogens with two attached hydrogens (primary N) is 1. The molecule has 0 bridgehead atoms. The van der Waals surface area contributed by atoms with Crippen LogP contribution in [0.15, 0.2) is 22.7 Å². The average Bonchev–Trinajstić information content (AvgIpc) is 2.37. The number of halogens is 1. The van der Waals surface area contributed by atoms with Crippen molar-refractivity contribution in [2.24, 2.45) is 11.7 Å². The quantitative estimate of drug-likeness (QED) is 0.619. The van der Waals surface area contributed by atoms with Crippen molar-refractivity contribution in [2.75, 3.05) is 11.9 Å². The van der Waals surface area contributed by atoms with Gasteiger partial charge < -0.3 is 11.1 Å².